The Morgan fingerprint density at radius 3 is 2.36 bits per heavy atom. The lowest BCUT2D eigenvalue weighted by Crippen LogP contribution is -1.84. The van der Waals surface area contributed by atoms with Gasteiger partial charge in [-0.3, -0.25) is 0 Å². The van der Waals surface area contributed by atoms with Gasteiger partial charge in [-0.05, 0) is 34.1 Å². The Morgan fingerprint density at radius 1 is 1.45 bits per heavy atom. The second kappa shape index (κ2) is 5.41. The average Bonchev–Trinajstić information content (AvgIpc) is 2.02. The van der Waals surface area contributed by atoms with Crippen LogP contribution in [-0.2, 0) is 0 Å². The molecule has 0 unspecified atom stereocenters. The van der Waals surface area contributed by atoms with E-state index < -0.39 is 0 Å². The highest BCUT2D eigenvalue weighted by molar-refractivity contribution is 9.10. The van der Waals surface area contributed by atoms with Crippen molar-refractivity contribution in [2.24, 2.45) is 0 Å². The molecule has 11 heavy (non-hydrogen) atoms. The van der Waals surface area contributed by atoms with Gasteiger partial charge in [0.05, 0.1) is 0 Å². The molecular formula is C7H9BrClNO. The number of hydrogen-bond donors (Lipinski definition) is 2. The molecule has 1 rings (SSSR count). The number of halogens is 2. The largest absolute Gasteiger partial charge is 0.400 e. The number of nitrogens with two attached hydrogens (primary N) is 1. The third-order valence-corrected chi connectivity index (χ3v) is 1.88. The maximum atomic E-state index is 7.00. The van der Waals surface area contributed by atoms with Gasteiger partial charge in [-0.1, -0.05) is 11.6 Å². The molecule has 0 amide bonds. The lowest BCUT2D eigenvalue weighted by atomic mass is 10.3. The van der Waals surface area contributed by atoms with Gasteiger partial charge in [0.1, 0.15) is 0 Å². The number of benzene rings is 1. The van der Waals surface area contributed by atoms with Crippen LogP contribution in [0.5, 0.6) is 0 Å². The lowest BCUT2D eigenvalue weighted by Gasteiger charge is -1.95. The fourth-order valence-corrected chi connectivity index (χ4v) is 1.18. The summed E-state index contributed by atoms with van der Waals surface area (Å²) in [5.41, 5.74) is 6.19. The molecule has 1 aromatic rings. The Hall–Kier alpha value is -0.250. The molecule has 0 bridgehead atoms. The zero-order valence-electron chi connectivity index (χ0n) is 6.01. The summed E-state index contributed by atoms with van der Waals surface area (Å²) in [6.07, 6.45) is 0. The number of aliphatic hydroxyl groups excluding tert-OH is 1. The second-order valence-corrected chi connectivity index (χ2v) is 2.96. The molecule has 0 spiro atoms. The molecule has 3 N–H and O–H groups in total. The van der Waals surface area contributed by atoms with Gasteiger partial charge in [-0.25, -0.2) is 0 Å². The minimum atomic E-state index is 0.691. The molecule has 4 heteroatoms. The molecule has 0 aliphatic heterocycles. The van der Waals surface area contributed by atoms with Gasteiger partial charge in [0.2, 0.25) is 0 Å². The van der Waals surface area contributed by atoms with Crippen LogP contribution in [0.4, 0.5) is 5.69 Å². The monoisotopic (exact) mass is 237 g/mol. The first-order valence-corrected chi connectivity index (χ1v) is 4.02. The molecule has 0 aliphatic rings. The summed E-state index contributed by atoms with van der Waals surface area (Å²) in [4.78, 5) is 0. The Morgan fingerprint density at radius 2 is 2.00 bits per heavy atom. The summed E-state index contributed by atoms with van der Waals surface area (Å²) < 4.78 is 0.843. The molecule has 0 radical (unpaired) electrons. The molecule has 0 saturated carbocycles. The normalized spacial score (nSPS) is 8.36. The zero-order chi connectivity index (χ0) is 8.85. The van der Waals surface area contributed by atoms with Gasteiger partial charge in [0.15, 0.2) is 0 Å². The van der Waals surface area contributed by atoms with Crippen molar-refractivity contribution in [1.82, 2.24) is 0 Å². The highest BCUT2D eigenvalue weighted by Gasteiger charge is 1.93. The highest BCUT2D eigenvalue weighted by atomic mass is 79.9. The van der Waals surface area contributed by atoms with Crippen molar-refractivity contribution in [2.45, 2.75) is 0 Å². The van der Waals surface area contributed by atoms with Crippen molar-refractivity contribution < 1.29 is 5.11 Å². The molecular weight excluding hydrogens is 229 g/mol. The second-order valence-electron chi connectivity index (χ2n) is 1.67. The molecule has 0 atom stereocenters. The predicted octanol–water partition coefficient (Wildman–Crippen LogP) is 2.29. The Labute approximate surface area is 79.1 Å². The third kappa shape index (κ3) is 3.60. The zero-order valence-corrected chi connectivity index (χ0v) is 8.35. The number of rotatable bonds is 0. The smallest absolute Gasteiger partial charge is 0.0459 e. The summed E-state index contributed by atoms with van der Waals surface area (Å²) in [5, 5.41) is 7.69. The topological polar surface area (TPSA) is 46.2 Å². The van der Waals surface area contributed by atoms with E-state index in [2.05, 4.69) is 15.9 Å². The third-order valence-electron chi connectivity index (χ3n) is 0.962. The number of hydrogen-bond acceptors (Lipinski definition) is 2. The minimum absolute atomic E-state index is 0.691. The molecule has 0 heterocycles. The van der Waals surface area contributed by atoms with Crippen LogP contribution in [-0.4, -0.2) is 12.2 Å². The molecule has 2 nitrogen and oxygen atoms in total. The molecule has 0 saturated heterocycles. The van der Waals surface area contributed by atoms with Crippen molar-refractivity contribution >= 4 is 33.2 Å². The van der Waals surface area contributed by atoms with Crippen molar-refractivity contribution in [3.05, 3.63) is 27.7 Å². The fourth-order valence-electron chi connectivity index (χ4n) is 0.502. The van der Waals surface area contributed by atoms with Gasteiger partial charge in [-0.2, -0.15) is 0 Å². The Kier molecular flexibility index (Phi) is 5.28. The van der Waals surface area contributed by atoms with Gasteiger partial charge >= 0.3 is 0 Å². The van der Waals surface area contributed by atoms with E-state index in [1.54, 1.807) is 18.2 Å². The van der Waals surface area contributed by atoms with Crippen LogP contribution >= 0.6 is 27.5 Å². The molecule has 1 aromatic carbocycles. The highest BCUT2D eigenvalue weighted by Crippen LogP contribution is 2.22. The minimum Gasteiger partial charge on any atom is -0.400 e. The molecule has 0 aromatic heterocycles. The van der Waals surface area contributed by atoms with Gasteiger partial charge in [-0.15, -0.1) is 0 Å². The quantitative estimate of drug-likeness (QED) is 0.681. The molecule has 62 valence electrons. The van der Waals surface area contributed by atoms with E-state index in [4.69, 9.17) is 22.4 Å². The Bertz CT molecular complexity index is 230. The number of anilines is 1. The summed E-state index contributed by atoms with van der Waals surface area (Å²) in [6.45, 7) is 0. The van der Waals surface area contributed by atoms with Crippen LogP contribution < -0.4 is 5.73 Å². The average molecular weight is 239 g/mol. The van der Waals surface area contributed by atoms with E-state index in [1.807, 2.05) is 0 Å². The molecule has 0 aliphatic carbocycles. The van der Waals surface area contributed by atoms with E-state index in [0.717, 1.165) is 11.6 Å². The first kappa shape index (κ1) is 10.8. The van der Waals surface area contributed by atoms with Crippen LogP contribution in [0.15, 0.2) is 22.7 Å². The number of aliphatic hydroxyl groups is 1. The summed E-state index contributed by atoms with van der Waals surface area (Å²) in [7, 11) is 1.00. The lowest BCUT2D eigenvalue weighted by molar-refractivity contribution is 0.399. The van der Waals surface area contributed by atoms with Crippen LogP contribution in [0, 0.1) is 0 Å². The van der Waals surface area contributed by atoms with Gasteiger partial charge in [0, 0.05) is 22.3 Å². The predicted molar refractivity (Wildman–Crippen MR) is 51.7 cm³/mol. The maximum absolute atomic E-state index is 7.00. The SMILES string of the molecule is CO.Nc1ccc(Cl)cc1Br. The molecule has 0 fully saturated rings. The first-order valence-electron chi connectivity index (χ1n) is 2.85. The summed E-state index contributed by atoms with van der Waals surface area (Å²) in [6, 6.07) is 5.27. The van der Waals surface area contributed by atoms with Crippen LogP contribution in [0.3, 0.4) is 0 Å². The summed E-state index contributed by atoms with van der Waals surface area (Å²) in [5.74, 6) is 0. The fraction of sp³-hybridized carbons (Fsp3) is 0.143. The van der Waals surface area contributed by atoms with Gasteiger partial charge in [0.25, 0.3) is 0 Å². The van der Waals surface area contributed by atoms with E-state index in [1.165, 1.54) is 0 Å². The van der Waals surface area contributed by atoms with Crippen LogP contribution in [0.2, 0.25) is 5.02 Å². The first-order chi connectivity index (χ1) is 5.20. The number of nitrogen functional groups attached to an aromatic ring is 1. The maximum Gasteiger partial charge on any atom is 0.0459 e. The standard InChI is InChI=1S/C6H5BrClN.CH4O/c7-5-3-4(8)1-2-6(5)9;1-2/h1-3H,9H2;2H,1H3. The van der Waals surface area contributed by atoms with Crippen LogP contribution in [0.25, 0.3) is 0 Å². The van der Waals surface area contributed by atoms with E-state index in [-0.39, 0.29) is 0 Å². The summed E-state index contributed by atoms with van der Waals surface area (Å²) >= 11 is 8.87. The van der Waals surface area contributed by atoms with Gasteiger partial charge < -0.3 is 10.8 Å². The Balaban J connectivity index is 0.000000461. The van der Waals surface area contributed by atoms with E-state index in [9.17, 15) is 0 Å². The van der Waals surface area contributed by atoms with Crippen molar-refractivity contribution in [1.29, 1.82) is 0 Å². The van der Waals surface area contributed by atoms with Crippen LogP contribution in [0.1, 0.15) is 0 Å². The van der Waals surface area contributed by atoms with Crippen molar-refractivity contribution in [2.75, 3.05) is 12.8 Å². The van der Waals surface area contributed by atoms with E-state index >= 15 is 0 Å². The van der Waals surface area contributed by atoms with E-state index in [0.29, 0.717) is 10.7 Å². The van der Waals surface area contributed by atoms with Crippen molar-refractivity contribution in [3.8, 4) is 0 Å². The van der Waals surface area contributed by atoms with Crippen molar-refractivity contribution in [3.63, 3.8) is 0 Å².